The van der Waals surface area contributed by atoms with E-state index in [4.69, 9.17) is 9.72 Å². The topological polar surface area (TPSA) is 59.7 Å². The molecule has 6 nitrogen and oxygen atoms in total. The molecule has 1 aromatic heterocycles. The summed E-state index contributed by atoms with van der Waals surface area (Å²) in [5.41, 5.74) is 5.02. The highest BCUT2D eigenvalue weighted by atomic mass is 16.5. The van der Waals surface area contributed by atoms with Gasteiger partial charge in [-0.15, -0.1) is 4.91 Å². The number of aromatic nitrogens is 2. The van der Waals surface area contributed by atoms with Crippen LogP contribution in [0.4, 0.5) is 5.69 Å². The summed E-state index contributed by atoms with van der Waals surface area (Å²) in [5, 5.41) is 2.96. The van der Waals surface area contributed by atoms with Gasteiger partial charge in [-0.05, 0) is 35.5 Å². The Morgan fingerprint density at radius 1 is 1.15 bits per heavy atom. The zero-order valence-corrected chi connectivity index (χ0v) is 15.6. The van der Waals surface area contributed by atoms with Gasteiger partial charge in [0.05, 0.1) is 18.5 Å². The molecule has 0 bridgehead atoms. The molecule has 6 heteroatoms. The number of methoxy groups -OCH3 is 1. The Kier molecular flexibility index (Phi) is 4.73. The van der Waals surface area contributed by atoms with Crippen molar-refractivity contribution in [2.75, 3.05) is 13.7 Å². The van der Waals surface area contributed by atoms with Crippen molar-refractivity contribution in [3.8, 4) is 17.1 Å². The van der Waals surface area contributed by atoms with E-state index in [-0.39, 0.29) is 0 Å². The first-order chi connectivity index (χ1) is 13.2. The molecule has 0 atom stereocenters. The van der Waals surface area contributed by atoms with Gasteiger partial charge in [-0.1, -0.05) is 18.2 Å². The van der Waals surface area contributed by atoms with Crippen molar-refractivity contribution in [2.45, 2.75) is 19.5 Å². The van der Waals surface area contributed by atoms with E-state index < -0.39 is 0 Å². The molecule has 0 fully saturated rings. The summed E-state index contributed by atoms with van der Waals surface area (Å²) < 4.78 is 7.65. The molecule has 1 aliphatic heterocycles. The van der Waals surface area contributed by atoms with Crippen LogP contribution in [0.1, 0.15) is 17.0 Å². The maximum atomic E-state index is 10.6. The minimum atomic E-state index is 0.431. The Morgan fingerprint density at radius 2 is 1.93 bits per heavy atom. The van der Waals surface area contributed by atoms with Gasteiger partial charge < -0.3 is 9.30 Å². The highest BCUT2D eigenvalue weighted by Gasteiger charge is 2.24. The Labute approximate surface area is 158 Å². The molecule has 0 amide bonds. The van der Waals surface area contributed by atoms with E-state index >= 15 is 0 Å². The number of fused-ring (bicyclic) bond motifs is 1. The van der Waals surface area contributed by atoms with Gasteiger partial charge in [-0.25, -0.2) is 4.98 Å². The number of benzene rings is 2. The van der Waals surface area contributed by atoms with Crippen LogP contribution >= 0.6 is 0 Å². The quantitative estimate of drug-likeness (QED) is 0.643. The van der Waals surface area contributed by atoms with E-state index in [1.165, 1.54) is 11.3 Å². The normalized spacial score (nSPS) is 14.0. The predicted octanol–water partition coefficient (Wildman–Crippen LogP) is 4.05. The van der Waals surface area contributed by atoms with E-state index in [1.807, 2.05) is 30.3 Å². The van der Waals surface area contributed by atoms with Gasteiger partial charge in [0, 0.05) is 44.2 Å². The van der Waals surface area contributed by atoms with Crippen molar-refractivity contribution in [3.05, 3.63) is 70.4 Å². The molecule has 27 heavy (non-hydrogen) atoms. The Bertz CT molecular complexity index is 963. The molecule has 0 unspecified atom stereocenters. The zero-order valence-electron chi connectivity index (χ0n) is 15.6. The van der Waals surface area contributed by atoms with Gasteiger partial charge in [0.2, 0.25) is 0 Å². The summed E-state index contributed by atoms with van der Waals surface area (Å²) in [6, 6.07) is 15.4. The molecule has 1 aliphatic rings. The monoisotopic (exact) mass is 362 g/mol. The Hall–Kier alpha value is -2.99. The fourth-order valence-corrected chi connectivity index (χ4v) is 3.68. The van der Waals surface area contributed by atoms with Gasteiger partial charge in [0.15, 0.2) is 0 Å². The molecule has 138 valence electrons. The van der Waals surface area contributed by atoms with Crippen LogP contribution in [0.2, 0.25) is 0 Å². The molecule has 0 spiro atoms. The largest absolute Gasteiger partial charge is 0.496 e. The highest BCUT2D eigenvalue weighted by molar-refractivity contribution is 5.60. The molecule has 0 radical (unpaired) electrons. The molecular weight excluding hydrogens is 340 g/mol. The summed E-state index contributed by atoms with van der Waals surface area (Å²) in [5.74, 6) is 1.86. The van der Waals surface area contributed by atoms with E-state index in [1.54, 1.807) is 19.2 Å². The standard InChI is InChI=1S/C21H22N4O2/c1-24-19-14-25(13-16-5-3-4-6-20(16)27-2)12-11-18(19)22-21(24)15-7-9-17(23-26)10-8-15/h3-10H,11-14H2,1-2H3. The SMILES string of the molecule is COc1ccccc1CN1CCc2nc(-c3ccc(N=O)cc3)n(C)c2C1. The van der Waals surface area contributed by atoms with Crippen molar-refractivity contribution in [2.24, 2.45) is 12.2 Å². The first-order valence-electron chi connectivity index (χ1n) is 9.02. The lowest BCUT2D eigenvalue weighted by Gasteiger charge is -2.27. The lowest BCUT2D eigenvalue weighted by Crippen LogP contribution is -2.31. The molecule has 0 saturated carbocycles. The second-order valence-electron chi connectivity index (χ2n) is 6.80. The fourth-order valence-electron chi connectivity index (χ4n) is 3.68. The first kappa shape index (κ1) is 17.4. The number of ether oxygens (including phenoxy) is 1. The number of rotatable bonds is 5. The van der Waals surface area contributed by atoms with Crippen LogP contribution in [0.25, 0.3) is 11.4 Å². The van der Waals surface area contributed by atoms with Crippen LogP contribution < -0.4 is 4.74 Å². The van der Waals surface area contributed by atoms with Gasteiger partial charge in [0.1, 0.15) is 17.3 Å². The maximum Gasteiger partial charge on any atom is 0.140 e. The molecular formula is C21H22N4O2. The van der Waals surface area contributed by atoms with Gasteiger partial charge >= 0.3 is 0 Å². The van der Waals surface area contributed by atoms with Gasteiger partial charge in [0.25, 0.3) is 0 Å². The second kappa shape index (κ2) is 7.32. The average molecular weight is 362 g/mol. The van der Waals surface area contributed by atoms with E-state index in [9.17, 15) is 4.91 Å². The molecule has 4 rings (SSSR count). The van der Waals surface area contributed by atoms with Crippen LogP contribution in [-0.4, -0.2) is 28.1 Å². The number of imidazole rings is 1. The van der Waals surface area contributed by atoms with Crippen molar-refractivity contribution in [3.63, 3.8) is 0 Å². The zero-order chi connectivity index (χ0) is 18.8. The van der Waals surface area contributed by atoms with Crippen LogP contribution in [0.15, 0.2) is 53.7 Å². The van der Waals surface area contributed by atoms with Crippen LogP contribution in [-0.2, 0) is 26.6 Å². The lowest BCUT2D eigenvalue weighted by atomic mass is 10.1. The molecule has 0 aliphatic carbocycles. The first-order valence-corrected chi connectivity index (χ1v) is 9.02. The minimum absolute atomic E-state index is 0.431. The lowest BCUT2D eigenvalue weighted by molar-refractivity contribution is 0.235. The number of nitroso groups, excluding NO2 is 1. The second-order valence-corrected chi connectivity index (χ2v) is 6.80. The molecule has 3 aromatic rings. The number of nitrogens with zero attached hydrogens (tertiary/aromatic N) is 4. The highest BCUT2D eigenvalue weighted by Crippen LogP contribution is 2.28. The number of para-hydroxylation sites is 1. The summed E-state index contributed by atoms with van der Waals surface area (Å²) in [4.78, 5) is 17.9. The van der Waals surface area contributed by atoms with Gasteiger partial charge in [-0.3, -0.25) is 4.90 Å². The van der Waals surface area contributed by atoms with Crippen molar-refractivity contribution < 1.29 is 4.74 Å². The van der Waals surface area contributed by atoms with Crippen LogP contribution in [0.3, 0.4) is 0 Å². The van der Waals surface area contributed by atoms with Gasteiger partial charge in [-0.2, -0.15) is 0 Å². The summed E-state index contributed by atoms with van der Waals surface area (Å²) in [7, 11) is 3.77. The molecule has 0 N–H and O–H groups in total. The van der Waals surface area contributed by atoms with Crippen molar-refractivity contribution >= 4 is 5.69 Å². The van der Waals surface area contributed by atoms with Crippen LogP contribution in [0, 0.1) is 4.91 Å². The third kappa shape index (κ3) is 3.36. The van der Waals surface area contributed by atoms with Crippen LogP contribution in [0.5, 0.6) is 5.75 Å². The molecule has 2 heterocycles. The summed E-state index contributed by atoms with van der Waals surface area (Å²) in [6.07, 6.45) is 0.923. The van der Waals surface area contributed by atoms with E-state index in [0.29, 0.717) is 5.69 Å². The van der Waals surface area contributed by atoms with E-state index in [0.717, 1.165) is 48.9 Å². The summed E-state index contributed by atoms with van der Waals surface area (Å²) >= 11 is 0. The van der Waals surface area contributed by atoms with Crippen molar-refractivity contribution in [1.29, 1.82) is 0 Å². The smallest absolute Gasteiger partial charge is 0.140 e. The molecule has 0 saturated heterocycles. The third-order valence-electron chi connectivity index (χ3n) is 5.15. The van der Waals surface area contributed by atoms with E-state index in [2.05, 4.69) is 27.8 Å². The van der Waals surface area contributed by atoms with Crippen molar-refractivity contribution in [1.82, 2.24) is 14.5 Å². The molecule has 2 aromatic carbocycles. The Morgan fingerprint density at radius 3 is 2.67 bits per heavy atom. The third-order valence-corrected chi connectivity index (χ3v) is 5.15. The fraction of sp³-hybridized carbons (Fsp3) is 0.286. The number of hydrogen-bond acceptors (Lipinski definition) is 5. The Balaban J connectivity index is 1.57. The number of hydrogen-bond donors (Lipinski definition) is 0. The minimum Gasteiger partial charge on any atom is -0.496 e. The average Bonchev–Trinajstić information content (AvgIpc) is 3.05. The maximum absolute atomic E-state index is 10.6. The summed E-state index contributed by atoms with van der Waals surface area (Å²) in [6.45, 7) is 2.67. The predicted molar refractivity (Wildman–Crippen MR) is 105 cm³/mol.